The van der Waals surface area contributed by atoms with Gasteiger partial charge in [-0.05, 0) is 47.7 Å². The average molecular weight is 690 g/mol. The Labute approximate surface area is 235 Å². The quantitative estimate of drug-likeness (QED) is 0.150. The number of hydrogen-bond acceptors (Lipinski definition) is 3. The van der Waals surface area contributed by atoms with Crippen LogP contribution in [-0.4, -0.2) is 76.7 Å². The maximum Gasteiger partial charge on any atom is 0.0701 e. The summed E-state index contributed by atoms with van der Waals surface area (Å²) in [5, 5.41) is 3.85. The molecular weight excluding hydrogens is 646 g/mol. The third-order valence-electron chi connectivity index (χ3n) is 6.22. The van der Waals surface area contributed by atoms with Gasteiger partial charge in [0.1, 0.15) is 0 Å². The molecule has 34 heavy (non-hydrogen) atoms. The Morgan fingerprint density at radius 3 is 1.59 bits per heavy atom. The van der Waals surface area contributed by atoms with Crippen LogP contribution in [0, 0.1) is 0 Å². The number of alkyl halides is 2. The molecule has 0 saturated carbocycles. The molecule has 2 aromatic carbocycles. The molecule has 0 atom stereocenters. The summed E-state index contributed by atoms with van der Waals surface area (Å²) >= 11 is 4.30. The van der Waals surface area contributed by atoms with E-state index in [1.54, 1.807) is 0 Å². The molecule has 3 aromatic rings. The topological polar surface area (TPSA) is 14.7 Å². The lowest BCUT2D eigenvalue weighted by molar-refractivity contribution is 0.282. The van der Waals surface area contributed by atoms with Crippen LogP contribution in [-0.2, 0) is 0 Å². The molecule has 6 heteroatoms. The van der Waals surface area contributed by atoms with E-state index >= 15 is 0 Å². The zero-order valence-electron chi connectivity index (χ0n) is 22.0. The lowest BCUT2D eigenvalue weighted by Crippen LogP contribution is -2.45. The largest absolute Gasteiger partial charge is 0.310 e. The highest BCUT2D eigenvalue weighted by atomic mass is 127. The van der Waals surface area contributed by atoms with E-state index in [-0.39, 0.29) is 0 Å². The van der Waals surface area contributed by atoms with E-state index in [1.807, 2.05) is 9.86 Å². The second kappa shape index (κ2) is 18.4. The number of hydrogen-bond donors (Lipinski definition) is 0. The minimum Gasteiger partial charge on any atom is -0.310 e. The zero-order chi connectivity index (χ0) is 25.3. The molecule has 190 valence electrons. The number of para-hydroxylation sites is 1. The minimum absolute atomic E-state index is 1.02. The molecule has 0 aliphatic heterocycles. The number of likely N-dealkylation sites (N-methyl/N-ethyl adjacent to an activating group) is 2. The first-order valence-electron chi connectivity index (χ1n) is 12.3. The van der Waals surface area contributed by atoms with E-state index in [0.717, 1.165) is 52.4 Å². The van der Waals surface area contributed by atoms with Crippen molar-refractivity contribution in [1.82, 2.24) is 14.5 Å². The number of fused-ring (bicyclic) bond motifs is 1. The summed E-state index contributed by atoms with van der Waals surface area (Å²) in [6.07, 6.45) is 2.34. The summed E-state index contributed by atoms with van der Waals surface area (Å²) in [7, 11) is 0. The summed E-state index contributed by atoms with van der Waals surface area (Å²) in [6.45, 7) is 17.6. The van der Waals surface area contributed by atoms with Crippen LogP contribution in [0.25, 0.3) is 22.0 Å². The molecule has 0 N–H and O–H groups in total. The maximum absolute atomic E-state index is 2.53. The van der Waals surface area contributed by atoms with Gasteiger partial charge in [-0.1, -0.05) is 121 Å². The van der Waals surface area contributed by atoms with Crippen LogP contribution in [0.4, 0.5) is 0 Å². The van der Waals surface area contributed by atoms with Gasteiger partial charge in [-0.25, -0.2) is 0 Å². The molecule has 0 aliphatic rings. The highest BCUT2D eigenvalue weighted by Gasteiger charge is 2.16. The Morgan fingerprint density at radius 2 is 1.09 bits per heavy atom. The number of nitrogens with zero attached hydrogens (tertiary/aromatic N) is 4. The van der Waals surface area contributed by atoms with Crippen molar-refractivity contribution in [3.63, 3.8) is 0 Å². The fraction of sp³-hybridized carbons (Fsp3) is 0.500. The molecule has 0 fully saturated rings. The van der Waals surface area contributed by atoms with Crippen LogP contribution in [0.2, 0.25) is 0 Å². The van der Waals surface area contributed by atoms with E-state index in [1.165, 1.54) is 22.0 Å². The average Bonchev–Trinajstić information content (AvgIpc) is 3.31. The van der Waals surface area contributed by atoms with Crippen LogP contribution in [0.3, 0.4) is 0 Å². The monoisotopic (exact) mass is 690 g/mol. The summed E-state index contributed by atoms with van der Waals surface area (Å²) < 4.78 is 2.41. The first kappa shape index (κ1) is 31.2. The molecule has 0 radical (unpaired) electrons. The van der Waals surface area contributed by atoms with Crippen LogP contribution >= 0.6 is 45.2 Å². The van der Waals surface area contributed by atoms with Crippen molar-refractivity contribution in [1.29, 1.82) is 0 Å². The van der Waals surface area contributed by atoms with E-state index in [4.69, 9.17) is 0 Å². The van der Waals surface area contributed by atoms with Gasteiger partial charge in [0.2, 0.25) is 0 Å². The van der Waals surface area contributed by atoms with Gasteiger partial charge in [-0.3, -0.25) is 4.68 Å². The van der Waals surface area contributed by atoms with E-state index < -0.39 is 0 Å². The van der Waals surface area contributed by atoms with E-state index in [0.29, 0.717) is 0 Å². The van der Waals surface area contributed by atoms with Crippen LogP contribution in [0.5, 0.6) is 0 Å². The third kappa shape index (κ3) is 8.99. The Morgan fingerprint density at radius 1 is 0.618 bits per heavy atom. The van der Waals surface area contributed by atoms with Gasteiger partial charge in [0, 0.05) is 43.3 Å². The first-order valence-corrected chi connectivity index (χ1v) is 16.6. The summed E-state index contributed by atoms with van der Waals surface area (Å²) in [5.41, 5.74) is 3.87. The predicted molar refractivity (Wildman–Crippen MR) is 171 cm³/mol. The van der Waals surface area contributed by atoms with Gasteiger partial charge in [0.15, 0.2) is 0 Å². The van der Waals surface area contributed by atoms with Crippen molar-refractivity contribution in [2.75, 3.05) is 67.2 Å². The van der Waals surface area contributed by atoms with E-state index in [9.17, 15) is 0 Å². The van der Waals surface area contributed by atoms with Crippen molar-refractivity contribution in [2.24, 2.45) is 0 Å². The van der Waals surface area contributed by atoms with Crippen molar-refractivity contribution in [2.45, 2.75) is 27.7 Å². The fourth-order valence-corrected chi connectivity index (χ4v) is 4.16. The molecule has 0 unspecified atom stereocenters. The lowest BCUT2D eigenvalue weighted by Gasteiger charge is -2.31. The normalized spacial score (nSPS) is 10.6. The summed E-state index contributed by atoms with van der Waals surface area (Å²) in [4.78, 5) is 8.96. The highest BCUT2D eigenvalue weighted by molar-refractivity contribution is 14.1. The Bertz CT molecular complexity index is 874. The predicted octanol–water partition coefficient (Wildman–Crippen LogP) is 7.03. The lowest BCUT2D eigenvalue weighted by atomic mass is 10.1. The molecule has 1 aromatic heterocycles. The Kier molecular flexibility index (Phi) is 16.9. The van der Waals surface area contributed by atoms with Crippen molar-refractivity contribution in [3.8, 4) is 11.1 Å². The standard InChI is InChI=1S/C26H38N4.2CH3I/c1-5-27(6-2)18-20-29(21-19-28(7-3)8-4)30-22-25(23-14-10-9-11-15-23)24-16-12-13-17-26(24)30;2*1-2/h9-17,22H,5-8,18-21H2,1-4H3;2*1H3. The molecule has 1 heterocycles. The molecule has 4 nitrogen and oxygen atoms in total. The number of rotatable bonds is 12. The van der Waals surface area contributed by atoms with Gasteiger partial charge < -0.3 is 14.8 Å². The summed E-state index contributed by atoms with van der Waals surface area (Å²) in [6, 6.07) is 19.6. The van der Waals surface area contributed by atoms with Crippen LogP contribution < -0.4 is 5.01 Å². The number of aromatic nitrogens is 1. The molecular formula is C28H44I2N4. The molecule has 3 rings (SSSR count). The molecule has 0 bridgehead atoms. The van der Waals surface area contributed by atoms with Crippen LogP contribution in [0.15, 0.2) is 60.8 Å². The molecule has 0 spiro atoms. The SMILES string of the molecule is CCN(CC)CCN(CCN(CC)CC)n1cc(-c2ccccc2)c2ccccc21.CI.CI. The highest BCUT2D eigenvalue weighted by Crippen LogP contribution is 2.30. The molecule has 0 amide bonds. The zero-order valence-corrected chi connectivity index (χ0v) is 26.3. The number of halogens is 2. The summed E-state index contributed by atoms with van der Waals surface area (Å²) in [5.74, 6) is 0. The van der Waals surface area contributed by atoms with Crippen molar-refractivity contribution in [3.05, 3.63) is 60.8 Å². The maximum atomic E-state index is 2.53. The third-order valence-corrected chi connectivity index (χ3v) is 6.22. The van der Waals surface area contributed by atoms with Crippen LogP contribution in [0.1, 0.15) is 27.7 Å². The molecule has 0 saturated heterocycles. The second-order valence-corrected chi connectivity index (χ2v) is 7.78. The van der Waals surface area contributed by atoms with Gasteiger partial charge in [-0.2, -0.15) is 0 Å². The second-order valence-electron chi connectivity index (χ2n) is 7.78. The van der Waals surface area contributed by atoms with E-state index in [2.05, 4.69) is 153 Å². The smallest absolute Gasteiger partial charge is 0.0701 e. The van der Waals surface area contributed by atoms with Gasteiger partial charge in [-0.15, -0.1) is 0 Å². The first-order chi connectivity index (χ1) is 16.7. The van der Waals surface area contributed by atoms with Gasteiger partial charge >= 0.3 is 0 Å². The Balaban J connectivity index is 0.00000137. The van der Waals surface area contributed by atoms with Crippen molar-refractivity contribution < 1.29 is 0 Å². The van der Waals surface area contributed by atoms with Gasteiger partial charge in [0.05, 0.1) is 5.52 Å². The number of benzene rings is 2. The fourth-order valence-electron chi connectivity index (χ4n) is 4.16. The Hall–Kier alpha value is -0.840. The minimum atomic E-state index is 1.02. The van der Waals surface area contributed by atoms with Crippen molar-refractivity contribution >= 4 is 56.1 Å². The van der Waals surface area contributed by atoms with Gasteiger partial charge in [0.25, 0.3) is 0 Å². The molecule has 0 aliphatic carbocycles.